The Hall–Kier alpha value is -1.59. The average Bonchev–Trinajstić information content (AvgIpc) is 2.93. The van der Waals surface area contributed by atoms with Crippen LogP contribution in [0.5, 0.6) is 5.75 Å². The molecular weight excluding hydrogens is 308 g/mol. The van der Waals surface area contributed by atoms with Crippen molar-refractivity contribution in [1.29, 1.82) is 0 Å². The molecule has 1 N–H and O–H groups in total. The quantitative estimate of drug-likeness (QED) is 0.883. The lowest BCUT2D eigenvalue weighted by atomic mass is 10.2. The Balaban J connectivity index is 1.75. The molecule has 0 saturated heterocycles. The van der Waals surface area contributed by atoms with Crippen LogP contribution in [0.3, 0.4) is 0 Å². The maximum Gasteiger partial charge on any atom is 0.258 e. The Morgan fingerprint density at radius 2 is 2.10 bits per heavy atom. The average molecular weight is 325 g/mol. The molecule has 1 heterocycles. The van der Waals surface area contributed by atoms with Gasteiger partial charge < -0.3 is 10.1 Å². The number of ether oxygens (including phenoxy) is 1. The monoisotopic (exact) mass is 324 g/mol. The number of thiazole rings is 1. The van der Waals surface area contributed by atoms with E-state index in [4.69, 9.17) is 16.3 Å². The molecule has 0 aliphatic rings. The highest BCUT2D eigenvalue weighted by atomic mass is 35.5. The molecule has 0 spiro atoms. The zero-order chi connectivity index (χ0) is 15.2. The summed E-state index contributed by atoms with van der Waals surface area (Å²) in [6.45, 7) is 4.60. The van der Waals surface area contributed by atoms with Gasteiger partial charge in [-0.1, -0.05) is 25.4 Å². The number of carbonyl (C=O) groups excluding carboxylic acids is 1. The Morgan fingerprint density at radius 1 is 1.38 bits per heavy atom. The first-order valence-corrected chi connectivity index (χ1v) is 7.89. The van der Waals surface area contributed by atoms with E-state index in [1.54, 1.807) is 35.6 Å². The van der Waals surface area contributed by atoms with E-state index in [1.165, 1.54) is 0 Å². The van der Waals surface area contributed by atoms with Crippen LogP contribution in [0, 0.1) is 0 Å². The normalized spacial score (nSPS) is 10.7. The van der Waals surface area contributed by atoms with E-state index < -0.39 is 0 Å². The summed E-state index contributed by atoms with van der Waals surface area (Å²) in [6, 6.07) is 6.90. The molecule has 0 radical (unpaired) electrons. The Morgan fingerprint density at radius 3 is 2.71 bits per heavy atom. The molecule has 6 heteroatoms. The lowest BCUT2D eigenvalue weighted by Crippen LogP contribution is -2.28. The van der Waals surface area contributed by atoms with Gasteiger partial charge in [0.25, 0.3) is 5.91 Å². The van der Waals surface area contributed by atoms with Crippen molar-refractivity contribution in [3.8, 4) is 5.75 Å². The summed E-state index contributed by atoms with van der Waals surface area (Å²) in [5, 5.41) is 6.35. The molecule has 0 aliphatic heterocycles. The van der Waals surface area contributed by atoms with Crippen LogP contribution < -0.4 is 10.1 Å². The summed E-state index contributed by atoms with van der Waals surface area (Å²) in [5.74, 6) is 0.844. The van der Waals surface area contributed by atoms with Crippen molar-refractivity contribution in [2.24, 2.45) is 0 Å². The first-order valence-electron chi connectivity index (χ1n) is 6.64. The van der Waals surface area contributed by atoms with Gasteiger partial charge in [-0.15, -0.1) is 11.3 Å². The first-order chi connectivity index (χ1) is 10.0. The molecule has 2 aromatic rings. The van der Waals surface area contributed by atoms with Crippen molar-refractivity contribution in [2.75, 3.05) is 6.61 Å². The molecule has 1 aromatic carbocycles. The fraction of sp³-hybridized carbons (Fsp3) is 0.333. The molecular formula is C15H17ClN2O2S. The number of aromatic nitrogens is 1. The van der Waals surface area contributed by atoms with Gasteiger partial charge in [0.15, 0.2) is 6.61 Å². The second kappa shape index (κ2) is 7.43. The highest BCUT2D eigenvalue weighted by Crippen LogP contribution is 2.17. The van der Waals surface area contributed by atoms with Crippen molar-refractivity contribution in [1.82, 2.24) is 10.3 Å². The molecule has 0 fully saturated rings. The number of rotatable bonds is 6. The van der Waals surface area contributed by atoms with Crippen LogP contribution in [0.25, 0.3) is 0 Å². The Labute approximate surface area is 133 Å². The minimum Gasteiger partial charge on any atom is -0.484 e. The van der Waals surface area contributed by atoms with Crippen molar-refractivity contribution in [2.45, 2.75) is 26.3 Å². The third kappa shape index (κ3) is 5.02. The van der Waals surface area contributed by atoms with Crippen LogP contribution in [0.4, 0.5) is 0 Å². The zero-order valence-electron chi connectivity index (χ0n) is 11.9. The van der Waals surface area contributed by atoms with Gasteiger partial charge in [-0.3, -0.25) is 4.79 Å². The van der Waals surface area contributed by atoms with Gasteiger partial charge in [0.2, 0.25) is 0 Å². The predicted molar refractivity (Wildman–Crippen MR) is 85.0 cm³/mol. The van der Waals surface area contributed by atoms with Gasteiger partial charge in [-0.05, 0) is 30.2 Å². The summed E-state index contributed by atoms with van der Waals surface area (Å²) in [6.07, 6.45) is 0. The van der Waals surface area contributed by atoms with Gasteiger partial charge >= 0.3 is 0 Å². The van der Waals surface area contributed by atoms with E-state index in [2.05, 4.69) is 24.1 Å². The lowest BCUT2D eigenvalue weighted by molar-refractivity contribution is -0.123. The molecule has 112 valence electrons. The molecule has 4 nitrogen and oxygen atoms in total. The third-order valence-electron chi connectivity index (χ3n) is 2.78. The van der Waals surface area contributed by atoms with E-state index in [-0.39, 0.29) is 12.5 Å². The molecule has 1 aromatic heterocycles. The summed E-state index contributed by atoms with van der Waals surface area (Å²) < 4.78 is 5.37. The van der Waals surface area contributed by atoms with E-state index in [0.717, 1.165) is 10.7 Å². The SMILES string of the molecule is CC(C)c1csc(CNC(=O)COc2ccc(Cl)cc2)n1. The Kier molecular flexibility index (Phi) is 5.59. The van der Waals surface area contributed by atoms with Gasteiger partial charge in [-0.25, -0.2) is 4.98 Å². The maximum absolute atomic E-state index is 11.7. The molecule has 1 amide bonds. The smallest absolute Gasteiger partial charge is 0.258 e. The minimum absolute atomic E-state index is 0.0238. The van der Waals surface area contributed by atoms with Gasteiger partial charge in [0, 0.05) is 10.4 Å². The van der Waals surface area contributed by atoms with Crippen molar-refractivity contribution >= 4 is 28.8 Å². The third-order valence-corrected chi connectivity index (χ3v) is 3.90. The largest absolute Gasteiger partial charge is 0.484 e. The fourth-order valence-corrected chi connectivity index (χ4v) is 2.60. The fourth-order valence-electron chi connectivity index (χ4n) is 1.58. The minimum atomic E-state index is -0.175. The number of hydrogen-bond donors (Lipinski definition) is 1. The summed E-state index contributed by atoms with van der Waals surface area (Å²) in [5.41, 5.74) is 1.06. The maximum atomic E-state index is 11.7. The van der Waals surface area contributed by atoms with Crippen molar-refractivity contribution in [3.63, 3.8) is 0 Å². The van der Waals surface area contributed by atoms with E-state index in [1.807, 2.05) is 5.38 Å². The molecule has 0 unspecified atom stereocenters. The molecule has 21 heavy (non-hydrogen) atoms. The number of amides is 1. The number of nitrogens with one attached hydrogen (secondary N) is 1. The van der Waals surface area contributed by atoms with Crippen LogP contribution in [0.2, 0.25) is 5.02 Å². The second-order valence-electron chi connectivity index (χ2n) is 4.84. The lowest BCUT2D eigenvalue weighted by Gasteiger charge is -2.06. The van der Waals surface area contributed by atoms with Crippen LogP contribution in [-0.2, 0) is 11.3 Å². The molecule has 0 aliphatic carbocycles. The highest BCUT2D eigenvalue weighted by molar-refractivity contribution is 7.09. The van der Waals surface area contributed by atoms with Crippen LogP contribution >= 0.6 is 22.9 Å². The standard InChI is InChI=1S/C15H17ClN2O2S/c1-10(2)13-9-21-15(18-13)7-17-14(19)8-20-12-5-3-11(16)4-6-12/h3-6,9-10H,7-8H2,1-2H3,(H,17,19). The second-order valence-corrected chi connectivity index (χ2v) is 6.22. The first kappa shape index (κ1) is 15.8. The number of halogens is 1. The summed E-state index contributed by atoms with van der Waals surface area (Å²) in [7, 11) is 0. The van der Waals surface area contributed by atoms with Gasteiger partial charge in [0.05, 0.1) is 12.2 Å². The van der Waals surface area contributed by atoms with Crippen molar-refractivity contribution < 1.29 is 9.53 Å². The molecule has 0 atom stereocenters. The number of carbonyl (C=O) groups is 1. The van der Waals surface area contributed by atoms with Crippen LogP contribution in [0.15, 0.2) is 29.6 Å². The van der Waals surface area contributed by atoms with Crippen LogP contribution in [0.1, 0.15) is 30.5 Å². The molecule has 0 saturated carbocycles. The van der Waals surface area contributed by atoms with E-state index in [0.29, 0.717) is 23.2 Å². The Bertz CT molecular complexity index is 596. The summed E-state index contributed by atoms with van der Waals surface area (Å²) in [4.78, 5) is 16.2. The van der Waals surface area contributed by atoms with Crippen molar-refractivity contribution in [3.05, 3.63) is 45.4 Å². The van der Waals surface area contributed by atoms with E-state index >= 15 is 0 Å². The van der Waals surface area contributed by atoms with Crippen LogP contribution in [-0.4, -0.2) is 17.5 Å². The zero-order valence-corrected chi connectivity index (χ0v) is 13.5. The topological polar surface area (TPSA) is 51.2 Å². The number of nitrogens with zero attached hydrogens (tertiary/aromatic N) is 1. The predicted octanol–water partition coefficient (Wildman–Crippen LogP) is 3.62. The van der Waals surface area contributed by atoms with E-state index in [9.17, 15) is 4.79 Å². The summed E-state index contributed by atoms with van der Waals surface area (Å²) >= 11 is 7.33. The molecule has 2 rings (SSSR count). The van der Waals surface area contributed by atoms with Gasteiger partial charge in [-0.2, -0.15) is 0 Å². The van der Waals surface area contributed by atoms with Gasteiger partial charge in [0.1, 0.15) is 10.8 Å². The molecule has 0 bridgehead atoms. The highest BCUT2D eigenvalue weighted by Gasteiger charge is 2.07. The number of hydrogen-bond acceptors (Lipinski definition) is 4. The number of benzene rings is 1.